The molecular formula is C27H28F2N6O2. The molecule has 2 heterocycles. The van der Waals surface area contributed by atoms with E-state index in [2.05, 4.69) is 26.8 Å². The van der Waals surface area contributed by atoms with Crippen LogP contribution in [0.25, 0.3) is 16.8 Å². The number of anilines is 2. The molecule has 1 aromatic carbocycles. The number of aromatic nitrogens is 3. The van der Waals surface area contributed by atoms with Crippen molar-refractivity contribution in [2.24, 2.45) is 0 Å². The van der Waals surface area contributed by atoms with Crippen molar-refractivity contribution < 1.29 is 18.3 Å². The van der Waals surface area contributed by atoms with Crippen LogP contribution in [0.5, 0.6) is 5.75 Å². The van der Waals surface area contributed by atoms with Crippen LogP contribution in [0.3, 0.4) is 0 Å². The topological polar surface area (TPSA) is 129 Å². The van der Waals surface area contributed by atoms with E-state index in [1.165, 1.54) is 24.3 Å². The third-order valence-electron chi connectivity index (χ3n) is 5.12. The molecule has 0 bridgehead atoms. The Balaban J connectivity index is 2.06. The van der Waals surface area contributed by atoms with E-state index in [4.69, 9.17) is 16.2 Å². The number of benzene rings is 1. The van der Waals surface area contributed by atoms with E-state index in [1.54, 1.807) is 32.1 Å². The third kappa shape index (κ3) is 6.16. The Morgan fingerprint density at radius 3 is 2.57 bits per heavy atom. The lowest BCUT2D eigenvalue weighted by Crippen LogP contribution is -2.25. The lowest BCUT2D eigenvalue weighted by atomic mass is 10.1. The number of pyridine rings is 1. The van der Waals surface area contributed by atoms with Gasteiger partial charge in [0.15, 0.2) is 17.3 Å². The van der Waals surface area contributed by atoms with Gasteiger partial charge in [0.1, 0.15) is 17.5 Å². The molecular weight excluding hydrogens is 478 g/mol. The number of nitrogens with zero attached hydrogens (tertiary/aromatic N) is 3. The number of carbonyl (C=O) groups is 1. The number of allylic oxidation sites excluding steroid dienone is 4. The van der Waals surface area contributed by atoms with Crippen LogP contribution in [0.1, 0.15) is 42.3 Å². The highest BCUT2D eigenvalue weighted by Crippen LogP contribution is 2.32. The Labute approximate surface area is 213 Å². The minimum atomic E-state index is -0.921. The van der Waals surface area contributed by atoms with Gasteiger partial charge in [-0.3, -0.25) is 4.79 Å². The molecule has 8 nitrogen and oxygen atoms in total. The quantitative estimate of drug-likeness (QED) is 0.349. The summed E-state index contributed by atoms with van der Waals surface area (Å²) < 4.78 is 35.1. The van der Waals surface area contributed by atoms with E-state index in [0.29, 0.717) is 29.2 Å². The summed E-state index contributed by atoms with van der Waals surface area (Å²) in [6.45, 7) is 9.39. The van der Waals surface area contributed by atoms with Crippen LogP contribution in [-0.4, -0.2) is 27.5 Å². The Morgan fingerprint density at radius 2 is 1.92 bits per heavy atom. The van der Waals surface area contributed by atoms with Crippen LogP contribution in [-0.2, 0) is 0 Å². The highest BCUT2D eigenvalue weighted by molar-refractivity contribution is 6.00. The summed E-state index contributed by atoms with van der Waals surface area (Å²) in [5.41, 5.74) is 12.4. The molecule has 0 fully saturated rings. The van der Waals surface area contributed by atoms with Crippen molar-refractivity contribution in [1.29, 1.82) is 0 Å². The van der Waals surface area contributed by atoms with E-state index in [-0.39, 0.29) is 35.2 Å². The van der Waals surface area contributed by atoms with Crippen molar-refractivity contribution in [3.8, 4) is 17.0 Å². The molecule has 0 aliphatic heterocycles. The van der Waals surface area contributed by atoms with Gasteiger partial charge in [-0.15, -0.1) is 0 Å². The van der Waals surface area contributed by atoms with E-state index in [1.807, 2.05) is 6.92 Å². The predicted molar refractivity (Wildman–Crippen MR) is 140 cm³/mol. The first-order valence-electron chi connectivity index (χ1n) is 11.5. The van der Waals surface area contributed by atoms with Gasteiger partial charge in [0.05, 0.1) is 29.2 Å². The molecule has 0 saturated heterocycles. The molecule has 1 amide bonds. The molecule has 3 aromatic rings. The van der Waals surface area contributed by atoms with Crippen molar-refractivity contribution in [3.63, 3.8) is 0 Å². The molecule has 0 radical (unpaired) electrons. The van der Waals surface area contributed by atoms with Crippen LogP contribution >= 0.6 is 0 Å². The van der Waals surface area contributed by atoms with Gasteiger partial charge in [0.2, 0.25) is 0 Å². The highest BCUT2D eigenvalue weighted by atomic mass is 19.1. The number of hydrogen-bond donors (Lipinski definition) is 3. The van der Waals surface area contributed by atoms with E-state index < -0.39 is 23.1 Å². The summed E-state index contributed by atoms with van der Waals surface area (Å²) in [4.78, 5) is 25.9. The number of hydrogen-bond acceptors (Lipinski definition) is 7. The fourth-order valence-electron chi connectivity index (χ4n) is 3.50. The summed E-state index contributed by atoms with van der Waals surface area (Å²) in [6, 6.07) is 6.54. The highest BCUT2D eigenvalue weighted by Gasteiger charge is 2.21. The molecule has 0 atom stereocenters. The summed E-state index contributed by atoms with van der Waals surface area (Å²) >= 11 is 0. The first-order valence-corrected chi connectivity index (χ1v) is 11.5. The van der Waals surface area contributed by atoms with Gasteiger partial charge in [0.25, 0.3) is 5.91 Å². The number of nitrogens with one attached hydrogen (secondary N) is 1. The molecule has 0 aliphatic carbocycles. The SMILES string of the molecule is C=C/C(NC(=O)c1nc(-c2c(F)ccc(OCCC)c2F)ccc1N)=C(\C=C/C)c1cc(N)nc(C)n1. The van der Waals surface area contributed by atoms with Gasteiger partial charge in [-0.25, -0.2) is 23.7 Å². The first kappa shape index (κ1) is 27.0. The van der Waals surface area contributed by atoms with Crippen LogP contribution in [0.15, 0.2) is 60.8 Å². The largest absolute Gasteiger partial charge is 0.491 e. The normalized spacial score (nSPS) is 11.8. The van der Waals surface area contributed by atoms with Gasteiger partial charge in [-0.1, -0.05) is 25.7 Å². The molecule has 0 unspecified atom stereocenters. The molecule has 2 aromatic heterocycles. The van der Waals surface area contributed by atoms with Crippen molar-refractivity contribution in [2.45, 2.75) is 27.2 Å². The zero-order valence-corrected chi connectivity index (χ0v) is 20.8. The minimum absolute atomic E-state index is 0.0126. The predicted octanol–water partition coefficient (Wildman–Crippen LogP) is 4.98. The third-order valence-corrected chi connectivity index (χ3v) is 5.12. The Hall–Kier alpha value is -4.60. The molecule has 3 rings (SSSR count). The fourth-order valence-corrected chi connectivity index (χ4v) is 3.50. The average Bonchev–Trinajstić information content (AvgIpc) is 2.86. The number of amides is 1. The Morgan fingerprint density at radius 1 is 1.16 bits per heavy atom. The summed E-state index contributed by atoms with van der Waals surface area (Å²) in [5.74, 6) is -1.91. The summed E-state index contributed by atoms with van der Waals surface area (Å²) in [7, 11) is 0. The molecule has 37 heavy (non-hydrogen) atoms. The van der Waals surface area contributed by atoms with Crippen molar-refractivity contribution in [1.82, 2.24) is 20.3 Å². The van der Waals surface area contributed by atoms with Crippen LogP contribution in [0.2, 0.25) is 0 Å². The van der Waals surface area contributed by atoms with E-state index in [0.717, 1.165) is 6.07 Å². The molecule has 10 heteroatoms. The molecule has 192 valence electrons. The number of carbonyl (C=O) groups excluding carboxylic acids is 1. The Bertz CT molecular complexity index is 1380. The van der Waals surface area contributed by atoms with Gasteiger partial charge in [-0.2, -0.15) is 0 Å². The first-order chi connectivity index (χ1) is 17.7. The number of rotatable bonds is 9. The number of nitrogen functional groups attached to an aromatic ring is 2. The van der Waals surface area contributed by atoms with Crippen molar-refractivity contribution in [2.75, 3.05) is 18.1 Å². The lowest BCUT2D eigenvalue weighted by molar-refractivity contribution is 0.0963. The number of halogens is 2. The maximum absolute atomic E-state index is 15.1. The number of aryl methyl sites for hydroxylation is 1. The second-order valence-corrected chi connectivity index (χ2v) is 7.93. The monoisotopic (exact) mass is 506 g/mol. The maximum Gasteiger partial charge on any atom is 0.276 e. The van der Waals surface area contributed by atoms with Gasteiger partial charge in [-0.05, 0) is 50.6 Å². The molecule has 0 saturated carbocycles. The summed E-state index contributed by atoms with van der Waals surface area (Å²) in [5, 5.41) is 2.71. The van der Waals surface area contributed by atoms with Crippen molar-refractivity contribution in [3.05, 3.63) is 89.7 Å². The number of nitrogens with two attached hydrogens (primary N) is 2. The fraction of sp³-hybridized carbons (Fsp3) is 0.185. The standard InChI is InChI=1S/C27H28F2N6O2/c1-5-8-16(21-14-23(31)33-15(4)32-21)19(7-3)35-27(36)26-18(30)10-11-20(34-26)24-17(28)9-12-22(25(24)29)37-13-6-2/h5,7-12,14H,3,6,13,30H2,1-2,4H3,(H,35,36)(H2,31,32,33)/b8-5-,19-16-. The van der Waals surface area contributed by atoms with Crippen molar-refractivity contribution >= 4 is 23.0 Å². The van der Waals surface area contributed by atoms with Gasteiger partial charge in [0, 0.05) is 17.3 Å². The second kappa shape index (κ2) is 11.9. The van der Waals surface area contributed by atoms with Crippen LogP contribution < -0.4 is 21.5 Å². The lowest BCUT2D eigenvalue weighted by Gasteiger charge is -2.14. The molecule has 0 aliphatic rings. The van der Waals surface area contributed by atoms with Crippen LogP contribution in [0, 0.1) is 18.6 Å². The average molecular weight is 507 g/mol. The maximum atomic E-state index is 15.1. The smallest absolute Gasteiger partial charge is 0.276 e. The molecule has 0 spiro atoms. The molecule has 5 N–H and O–H groups in total. The van der Waals surface area contributed by atoms with Gasteiger partial charge >= 0.3 is 0 Å². The summed E-state index contributed by atoms with van der Waals surface area (Å²) in [6.07, 6.45) is 5.55. The number of ether oxygens (including phenoxy) is 1. The van der Waals surface area contributed by atoms with E-state index in [9.17, 15) is 9.18 Å². The zero-order valence-electron chi connectivity index (χ0n) is 20.8. The van der Waals surface area contributed by atoms with Gasteiger partial charge < -0.3 is 21.5 Å². The second-order valence-electron chi connectivity index (χ2n) is 7.93. The van der Waals surface area contributed by atoms with E-state index >= 15 is 4.39 Å². The minimum Gasteiger partial charge on any atom is -0.491 e. The Kier molecular flexibility index (Phi) is 8.68. The zero-order chi connectivity index (χ0) is 27.1. The van der Waals surface area contributed by atoms with Crippen LogP contribution in [0.4, 0.5) is 20.3 Å².